The maximum Gasteiger partial charge on any atom is 0.272 e. The molecular formula is C17H16ClN3O2. The molecule has 1 amide bonds. The highest BCUT2D eigenvalue weighted by atomic mass is 35.5. The number of hydrogen-bond donors (Lipinski definition) is 1. The third-order valence-corrected chi connectivity index (χ3v) is 3.48. The average molecular weight is 330 g/mol. The molecule has 0 bridgehead atoms. The van der Waals surface area contributed by atoms with Gasteiger partial charge in [0.05, 0.1) is 5.56 Å². The Bertz CT molecular complexity index is 711. The monoisotopic (exact) mass is 329 g/mol. The molecule has 5 nitrogen and oxygen atoms in total. The molecule has 1 aromatic carbocycles. The fourth-order valence-corrected chi connectivity index (χ4v) is 2.33. The summed E-state index contributed by atoms with van der Waals surface area (Å²) in [6.07, 6.45) is 1.85. The molecule has 0 aliphatic rings. The van der Waals surface area contributed by atoms with Crippen LogP contribution in [-0.2, 0) is 6.54 Å². The number of hydrogen-bond acceptors (Lipinski definition) is 4. The quantitative estimate of drug-likeness (QED) is 0.883. The molecule has 1 aromatic heterocycles. The number of aliphatic hydroxyl groups excluding tert-OH is 1. The van der Waals surface area contributed by atoms with Crippen molar-refractivity contribution in [2.45, 2.75) is 13.0 Å². The number of aliphatic hydroxyl groups is 1. The molecule has 0 fully saturated rings. The lowest BCUT2D eigenvalue weighted by Crippen LogP contribution is -2.32. The molecule has 0 atom stereocenters. The van der Waals surface area contributed by atoms with E-state index in [1.165, 1.54) is 12.3 Å². The topological polar surface area (TPSA) is 77.2 Å². The van der Waals surface area contributed by atoms with Gasteiger partial charge in [-0.05, 0) is 36.2 Å². The number of rotatable bonds is 6. The molecule has 118 valence electrons. The Hall–Kier alpha value is -2.42. The minimum absolute atomic E-state index is 0.000124. The van der Waals surface area contributed by atoms with Gasteiger partial charge in [-0.1, -0.05) is 23.7 Å². The Labute approximate surface area is 139 Å². The van der Waals surface area contributed by atoms with Crippen LogP contribution in [0.3, 0.4) is 0 Å². The van der Waals surface area contributed by atoms with Gasteiger partial charge < -0.3 is 10.0 Å². The van der Waals surface area contributed by atoms with Crippen molar-refractivity contribution in [3.8, 4) is 6.07 Å². The van der Waals surface area contributed by atoms with Crippen LogP contribution in [0.25, 0.3) is 0 Å². The number of pyridine rings is 1. The Morgan fingerprint density at radius 1 is 1.35 bits per heavy atom. The van der Waals surface area contributed by atoms with Crippen LogP contribution >= 0.6 is 11.6 Å². The van der Waals surface area contributed by atoms with Gasteiger partial charge in [0.1, 0.15) is 11.8 Å². The van der Waals surface area contributed by atoms with Crippen molar-refractivity contribution in [2.24, 2.45) is 0 Å². The molecule has 1 heterocycles. The van der Waals surface area contributed by atoms with Crippen LogP contribution in [0.2, 0.25) is 5.02 Å². The molecule has 1 N–H and O–H groups in total. The van der Waals surface area contributed by atoms with Gasteiger partial charge in [-0.25, -0.2) is 4.98 Å². The van der Waals surface area contributed by atoms with Crippen LogP contribution in [0.1, 0.15) is 28.0 Å². The summed E-state index contributed by atoms with van der Waals surface area (Å²) in [6, 6.07) is 12.3. The number of nitrogens with zero attached hydrogens (tertiary/aromatic N) is 3. The van der Waals surface area contributed by atoms with Crippen LogP contribution in [-0.4, -0.2) is 34.0 Å². The van der Waals surface area contributed by atoms with E-state index >= 15 is 0 Å². The summed E-state index contributed by atoms with van der Waals surface area (Å²) in [4.78, 5) is 18.2. The van der Waals surface area contributed by atoms with E-state index < -0.39 is 0 Å². The second-order valence-electron chi connectivity index (χ2n) is 4.98. The average Bonchev–Trinajstić information content (AvgIpc) is 2.58. The third kappa shape index (κ3) is 4.78. The number of benzene rings is 1. The van der Waals surface area contributed by atoms with E-state index in [9.17, 15) is 4.79 Å². The SMILES string of the molecule is N#Cc1ccc(C(=O)N(CCCO)Cc2cccc(Cl)c2)nc1. The van der Waals surface area contributed by atoms with E-state index in [1.54, 1.807) is 23.1 Å². The number of halogens is 1. The van der Waals surface area contributed by atoms with Crippen LogP contribution in [0.15, 0.2) is 42.6 Å². The zero-order chi connectivity index (χ0) is 16.7. The number of carbonyl (C=O) groups excluding carboxylic acids is 1. The van der Waals surface area contributed by atoms with Gasteiger partial charge in [-0.3, -0.25) is 4.79 Å². The second-order valence-corrected chi connectivity index (χ2v) is 5.41. The van der Waals surface area contributed by atoms with Gasteiger partial charge in [0.2, 0.25) is 0 Å². The highest BCUT2D eigenvalue weighted by Crippen LogP contribution is 2.14. The van der Waals surface area contributed by atoms with Crippen molar-refractivity contribution in [3.05, 3.63) is 64.4 Å². The lowest BCUT2D eigenvalue weighted by molar-refractivity contribution is 0.0726. The van der Waals surface area contributed by atoms with E-state index in [-0.39, 0.29) is 18.2 Å². The molecule has 0 aliphatic heterocycles. The normalized spacial score (nSPS) is 10.1. The van der Waals surface area contributed by atoms with Crippen LogP contribution in [0.4, 0.5) is 0 Å². The van der Waals surface area contributed by atoms with E-state index in [4.69, 9.17) is 22.0 Å². The molecule has 6 heteroatoms. The summed E-state index contributed by atoms with van der Waals surface area (Å²) in [5.74, 6) is -0.247. The van der Waals surface area contributed by atoms with Crippen LogP contribution < -0.4 is 0 Å². The minimum atomic E-state index is -0.247. The molecule has 0 saturated heterocycles. The highest BCUT2D eigenvalue weighted by Gasteiger charge is 2.17. The van der Waals surface area contributed by atoms with Crippen molar-refractivity contribution < 1.29 is 9.90 Å². The lowest BCUT2D eigenvalue weighted by Gasteiger charge is -2.22. The summed E-state index contributed by atoms with van der Waals surface area (Å²) in [5.41, 5.74) is 1.57. The summed E-state index contributed by atoms with van der Waals surface area (Å²) in [5, 5.41) is 18.4. The van der Waals surface area contributed by atoms with Gasteiger partial charge >= 0.3 is 0 Å². The standard InChI is InChI=1S/C17H16ClN3O2/c18-15-4-1-3-13(9-15)12-21(7-2-8-22)17(23)16-6-5-14(10-19)11-20-16/h1,3-6,9,11,22H,2,7-8,12H2. The van der Waals surface area contributed by atoms with E-state index in [2.05, 4.69) is 4.98 Å². The molecule has 0 saturated carbocycles. The van der Waals surface area contributed by atoms with Crippen LogP contribution in [0, 0.1) is 11.3 Å². The Balaban J connectivity index is 2.19. The number of amides is 1. The molecule has 23 heavy (non-hydrogen) atoms. The highest BCUT2D eigenvalue weighted by molar-refractivity contribution is 6.30. The van der Waals surface area contributed by atoms with E-state index in [0.29, 0.717) is 30.1 Å². The molecule has 2 rings (SSSR count). The minimum Gasteiger partial charge on any atom is -0.396 e. The van der Waals surface area contributed by atoms with Crippen molar-refractivity contribution in [2.75, 3.05) is 13.2 Å². The predicted molar refractivity (Wildman–Crippen MR) is 86.8 cm³/mol. The Morgan fingerprint density at radius 3 is 2.78 bits per heavy atom. The van der Waals surface area contributed by atoms with Gasteiger partial charge in [0.25, 0.3) is 5.91 Å². The summed E-state index contributed by atoms with van der Waals surface area (Å²) in [6.45, 7) is 0.782. The smallest absolute Gasteiger partial charge is 0.272 e. The molecular weight excluding hydrogens is 314 g/mol. The largest absolute Gasteiger partial charge is 0.396 e. The van der Waals surface area contributed by atoms with Crippen molar-refractivity contribution in [1.29, 1.82) is 5.26 Å². The summed E-state index contributed by atoms with van der Waals surface area (Å²) >= 11 is 5.98. The van der Waals surface area contributed by atoms with Crippen LogP contribution in [0.5, 0.6) is 0 Å². The zero-order valence-corrected chi connectivity index (χ0v) is 13.2. The Kier molecular flexibility index (Phi) is 6.10. The van der Waals surface area contributed by atoms with Gasteiger partial charge in [0.15, 0.2) is 0 Å². The van der Waals surface area contributed by atoms with E-state index in [1.807, 2.05) is 18.2 Å². The summed E-state index contributed by atoms with van der Waals surface area (Å²) in [7, 11) is 0. The maximum atomic E-state index is 12.6. The summed E-state index contributed by atoms with van der Waals surface area (Å²) < 4.78 is 0. The lowest BCUT2D eigenvalue weighted by atomic mass is 10.2. The van der Waals surface area contributed by atoms with Gasteiger partial charge in [-0.15, -0.1) is 0 Å². The molecule has 2 aromatic rings. The van der Waals surface area contributed by atoms with Gasteiger partial charge in [-0.2, -0.15) is 5.26 Å². The van der Waals surface area contributed by atoms with Gasteiger partial charge in [0, 0.05) is 30.9 Å². The first-order chi connectivity index (χ1) is 11.1. The zero-order valence-electron chi connectivity index (χ0n) is 12.4. The van der Waals surface area contributed by atoms with Crippen molar-refractivity contribution in [3.63, 3.8) is 0 Å². The first-order valence-electron chi connectivity index (χ1n) is 7.15. The first kappa shape index (κ1) is 16.9. The fourth-order valence-electron chi connectivity index (χ4n) is 2.12. The molecule has 0 unspecified atom stereocenters. The second kappa shape index (κ2) is 8.28. The third-order valence-electron chi connectivity index (χ3n) is 3.25. The number of carbonyl (C=O) groups is 1. The predicted octanol–water partition coefficient (Wildman–Crippen LogP) is 2.63. The fraction of sp³-hybridized carbons (Fsp3) is 0.235. The number of nitriles is 1. The molecule has 0 aliphatic carbocycles. The maximum absolute atomic E-state index is 12.6. The number of aromatic nitrogens is 1. The van der Waals surface area contributed by atoms with Crippen molar-refractivity contribution >= 4 is 17.5 Å². The first-order valence-corrected chi connectivity index (χ1v) is 7.52. The van der Waals surface area contributed by atoms with E-state index in [0.717, 1.165) is 5.56 Å². The molecule has 0 spiro atoms. The molecule has 0 radical (unpaired) electrons. The van der Waals surface area contributed by atoms with Crippen molar-refractivity contribution in [1.82, 2.24) is 9.88 Å². The Morgan fingerprint density at radius 2 is 2.17 bits per heavy atom.